The van der Waals surface area contributed by atoms with Crippen molar-refractivity contribution in [1.82, 2.24) is 9.13 Å². The highest BCUT2D eigenvalue weighted by Crippen LogP contribution is 2.30. The van der Waals surface area contributed by atoms with Gasteiger partial charge < -0.3 is 0 Å². The molecule has 16 heteroatoms. The summed E-state index contributed by atoms with van der Waals surface area (Å²) in [6.07, 6.45) is -2.02. The maximum Gasteiger partial charge on any atom is 0.261 e. The van der Waals surface area contributed by atoms with Crippen molar-refractivity contribution >= 4 is 32.3 Å². The zero-order chi connectivity index (χ0) is 33.5. The molecule has 6 nitrogen and oxygen atoms in total. The van der Waals surface area contributed by atoms with E-state index >= 15 is 0 Å². The molecule has 4 aromatic heterocycles. The first-order chi connectivity index (χ1) is 21.7. The van der Waals surface area contributed by atoms with Crippen LogP contribution in [0.25, 0.3) is 32.3 Å². The van der Waals surface area contributed by atoms with Gasteiger partial charge in [0.2, 0.25) is 11.6 Å². The van der Waals surface area contributed by atoms with E-state index in [0.29, 0.717) is 9.13 Å². The first-order valence-corrected chi connectivity index (χ1v) is 13.0. The Bertz CT molecular complexity index is 2200. The van der Waals surface area contributed by atoms with Gasteiger partial charge >= 0.3 is 0 Å². The van der Waals surface area contributed by atoms with Crippen LogP contribution in [0.1, 0.15) is 11.1 Å². The van der Waals surface area contributed by atoms with Crippen LogP contribution < -0.4 is 22.2 Å². The fourth-order valence-corrected chi connectivity index (χ4v) is 5.57. The highest BCUT2D eigenvalue weighted by atomic mass is 19.2. The van der Waals surface area contributed by atoms with Gasteiger partial charge in [0.1, 0.15) is 0 Å². The molecule has 4 bridgehead atoms. The summed E-state index contributed by atoms with van der Waals surface area (Å²) >= 11 is 0. The predicted octanol–water partition coefficient (Wildman–Crippen LogP) is 4.94. The molecule has 8 rings (SSSR count). The van der Waals surface area contributed by atoms with Crippen molar-refractivity contribution < 1.29 is 43.9 Å². The van der Waals surface area contributed by atoms with Crippen LogP contribution in [-0.2, 0) is 25.9 Å². The standard InChI is InChI=1S/C30H12F10N2O4/c31-17-13(18(32)22(36)25(39)21(17)35)5-7-41-27(43)9-1-2-10(28(41)44)16-12-4-3-11(15(9)16)29(45)42(30(12)46)8-6-14-19(33)23(37)26(40)24(38)20(14)34/h1-4H,5-8H2. The van der Waals surface area contributed by atoms with Crippen LogP contribution in [0.15, 0.2) is 43.4 Å². The second-order valence-corrected chi connectivity index (χ2v) is 10.2. The van der Waals surface area contributed by atoms with E-state index in [4.69, 9.17) is 0 Å². The van der Waals surface area contributed by atoms with Gasteiger partial charge in [-0.15, -0.1) is 0 Å². The largest absolute Gasteiger partial charge is 0.274 e. The van der Waals surface area contributed by atoms with E-state index < -0.39 is 117 Å². The average molecular weight is 654 g/mol. The monoisotopic (exact) mass is 654 g/mol. The number of fused-ring (bicyclic) bond motifs is 6. The lowest BCUT2D eigenvalue weighted by Gasteiger charge is -2.08. The maximum absolute atomic E-state index is 14.3. The molecule has 4 heterocycles. The van der Waals surface area contributed by atoms with Crippen LogP contribution in [0.4, 0.5) is 43.9 Å². The molecule has 0 radical (unpaired) electrons. The average Bonchev–Trinajstić information content (AvgIpc) is 3.32. The second-order valence-electron chi connectivity index (χ2n) is 10.2. The third kappa shape index (κ3) is 4.19. The molecule has 0 saturated heterocycles. The third-order valence-electron chi connectivity index (χ3n) is 7.84. The van der Waals surface area contributed by atoms with Crippen LogP contribution in [0.2, 0.25) is 0 Å². The maximum atomic E-state index is 14.3. The first kappa shape index (κ1) is 30.7. The zero-order valence-electron chi connectivity index (χ0n) is 22.4. The summed E-state index contributed by atoms with van der Waals surface area (Å²) in [5, 5.41) is -1.96. The quantitative estimate of drug-likeness (QED) is 0.145. The summed E-state index contributed by atoms with van der Waals surface area (Å²) in [5.41, 5.74) is -7.24. The molecule has 0 saturated carbocycles. The van der Waals surface area contributed by atoms with E-state index in [1.165, 1.54) is 0 Å². The first-order valence-electron chi connectivity index (χ1n) is 13.0. The number of nitrogens with zero attached hydrogens (tertiary/aromatic N) is 2. The summed E-state index contributed by atoms with van der Waals surface area (Å²) in [7, 11) is 0. The van der Waals surface area contributed by atoms with Crippen molar-refractivity contribution in [3.8, 4) is 0 Å². The molecule has 0 spiro atoms. The molecular formula is C30H12F10N2O4. The van der Waals surface area contributed by atoms with Gasteiger partial charge in [-0.2, -0.15) is 0 Å². The Balaban J connectivity index is 1.53. The Hall–Kier alpha value is -5.28. The van der Waals surface area contributed by atoms with Crippen LogP contribution in [0.3, 0.4) is 0 Å². The van der Waals surface area contributed by atoms with Crippen LogP contribution in [-0.4, -0.2) is 9.13 Å². The van der Waals surface area contributed by atoms with Gasteiger partial charge in [0.25, 0.3) is 22.2 Å². The van der Waals surface area contributed by atoms with E-state index in [1.807, 2.05) is 0 Å². The third-order valence-corrected chi connectivity index (χ3v) is 7.84. The van der Waals surface area contributed by atoms with Gasteiger partial charge in [0.05, 0.1) is 0 Å². The minimum atomic E-state index is -2.41. The highest BCUT2D eigenvalue weighted by molar-refractivity contribution is 6.22. The Labute approximate surface area is 246 Å². The van der Waals surface area contributed by atoms with Crippen molar-refractivity contribution in [2.75, 3.05) is 0 Å². The summed E-state index contributed by atoms with van der Waals surface area (Å²) in [5.74, 6) is -22.4. The second kappa shape index (κ2) is 10.7. The summed E-state index contributed by atoms with van der Waals surface area (Å²) in [6, 6.07) is 4.41. The van der Waals surface area contributed by atoms with Crippen molar-refractivity contribution in [1.29, 1.82) is 0 Å². The van der Waals surface area contributed by atoms with Gasteiger partial charge in [-0.3, -0.25) is 28.3 Å². The van der Waals surface area contributed by atoms with E-state index in [1.54, 1.807) is 0 Å². The lowest BCUT2D eigenvalue weighted by molar-refractivity contribution is 0.368. The minimum absolute atomic E-state index is 0.232. The molecule has 0 atom stereocenters. The molecule has 0 unspecified atom stereocenters. The summed E-state index contributed by atoms with van der Waals surface area (Å²) in [4.78, 5) is 54.1. The molecule has 0 aliphatic rings. The molecule has 0 aliphatic heterocycles. The number of hydrogen-bond acceptors (Lipinski definition) is 4. The summed E-state index contributed by atoms with van der Waals surface area (Å²) in [6.45, 7) is -1.78. The number of aromatic nitrogens is 2. The van der Waals surface area contributed by atoms with Crippen LogP contribution >= 0.6 is 0 Å². The normalized spacial score (nSPS) is 12.0. The van der Waals surface area contributed by atoms with Gasteiger partial charge in [0, 0.05) is 56.5 Å². The fourth-order valence-electron chi connectivity index (χ4n) is 5.57. The van der Waals surface area contributed by atoms with Crippen molar-refractivity contribution in [2.24, 2.45) is 0 Å². The van der Waals surface area contributed by atoms with E-state index in [0.717, 1.165) is 24.3 Å². The van der Waals surface area contributed by atoms with Crippen LogP contribution in [0, 0.1) is 58.2 Å². The van der Waals surface area contributed by atoms with Gasteiger partial charge in [-0.25, -0.2) is 43.9 Å². The SMILES string of the molecule is O=c1c2ccc(c(=O)n1CCc1c(F)c(F)c(F)c(F)c1F)c1c3ccc(c(=O)n(CCc4c(F)c(F)c(F)c(F)c4F)c3=O)c21. The fraction of sp³-hybridized carbons (Fsp3) is 0.133. The van der Waals surface area contributed by atoms with E-state index in [2.05, 4.69) is 0 Å². The van der Waals surface area contributed by atoms with Crippen molar-refractivity contribution in [3.05, 3.63) is 135 Å². The number of rotatable bonds is 6. The Morgan fingerprint density at radius 2 is 0.587 bits per heavy atom. The lowest BCUT2D eigenvalue weighted by Crippen LogP contribution is -2.31. The van der Waals surface area contributed by atoms with Gasteiger partial charge in [-0.05, 0) is 37.1 Å². The Kier molecular flexibility index (Phi) is 7.13. The molecule has 236 valence electrons. The highest BCUT2D eigenvalue weighted by Gasteiger charge is 2.28. The van der Waals surface area contributed by atoms with Gasteiger partial charge in [-0.1, -0.05) is 0 Å². The summed E-state index contributed by atoms with van der Waals surface area (Å²) < 4.78 is 140. The molecule has 8 aromatic rings. The van der Waals surface area contributed by atoms with E-state index in [-0.39, 0.29) is 32.3 Å². The van der Waals surface area contributed by atoms with E-state index in [9.17, 15) is 63.1 Å². The molecule has 0 amide bonds. The molecule has 4 aromatic carbocycles. The van der Waals surface area contributed by atoms with Crippen LogP contribution in [0.5, 0.6) is 0 Å². The van der Waals surface area contributed by atoms with Crippen molar-refractivity contribution in [3.63, 3.8) is 0 Å². The topological polar surface area (TPSA) is 78.1 Å². The molecule has 0 fully saturated rings. The Morgan fingerprint density at radius 3 is 0.826 bits per heavy atom. The Morgan fingerprint density at radius 1 is 0.370 bits per heavy atom. The predicted molar refractivity (Wildman–Crippen MR) is 142 cm³/mol. The molecule has 0 N–H and O–H groups in total. The number of benzene rings is 4. The smallest absolute Gasteiger partial charge is 0.261 e. The zero-order valence-corrected chi connectivity index (χ0v) is 22.4. The number of halogens is 10. The number of hydrogen-bond donors (Lipinski definition) is 0. The lowest BCUT2D eigenvalue weighted by atomic mass is 10.00. The van der Waals surface area contributed by atoms with Crippen molar-refractivity contribution in [2.45, 2.75) is 25.9 Å². The minimum Gasteiger partial charge on any atom is -0.274 e. The van der Waals surface area contributed by atoms with Gasteiger partial charge in [0.15, 0.2) is 46.5 Å². The molecular weight excluding hydrogens is 642 g/mol. The molecule has 0 aliphatic carbocycles. The molecule has 46 heavy (non-hydrogen) atoms.